The molecule has 4 atom stereocenters. The van der Waals surface area contributed by atoms with Crippen LogP contribution in [0.4, 0.5) is 4.79 Å². The second-order valence-corrected chi connectivity index (χ2v) is 9.48. The molecule has 1 saturated carbocycles. The lowest BCUT2D eigenvalue weighted by Crippen LogP contribution is -2.69. The first kappa shape index (κ1) is 22.6. The molecule has 2 amide bonds. The number of halogens is 2. The first-order valence-corrected chi connectivity index (χ1v) is 11.6. The van der Waals surface area contributed by atoms with Gasteiger partial charge in [-0.25, -0.2) is 4.79 Å². The van der Waals surface area contributed by atoms with Crippen molar-refractivity contribution in [2.75, 3.05) is 33.3 Å². The lowest BCUT2D eigenvalue weighted by atomic mass is 9.81. The summed E-state index contributed by atoms with van der Waals surface area (Å²) in [5, 5.41) is 11.0. The Balaban J connectivity index is 1.60. The molecule has 0 unspecified atom stereocenters. The molecule has 0 spiro atoms. The fourth-order valence-corrected chi connectivity index (χ4v) is 5.77. The molecule has 3 aliphatic rings. The number of aliphatic hydroxyl groups excluding tert-OH is 1. The summed E-state index contributed by atoms with van der Waals surface area (Å²) in [5.74, 6) is 0.0181. The number of ether oxygens (including phenoxy) is 1. The van der Waals surface area contributed by atoms with E-state index < -0.39 is 0 Å². The molecule has 2 heterocycles. The summed E-state index contributed by atoms with van der Waals surface area (Å²) in [6, 6.07) is 5.17. The topological polar surface area (TPSA) is 73.3 Å². The molecule has 2 saturated heterocycles. The van der Waals surface area contributed by atoms with Gasteiger partial charge in [-0.15, -0.1) is 0 Å². The molecule has 1 N–H and O–H groups in total. The van der Waals surface area contributed by atoms with Crippen LogP contribution in [0, 0.1) is 0 Å². The summed E-state index contributed by atoms with van der Waals surface area (Å²) >= 11 is 12.2. The highest BCUT2D eigenvalue weighted by molar-refractivity contribution is 6.42. The highest BCUT2D eigenvalue weighted by atomic mass is 35.5. The Hall–Kier alpha value is -1.54. The summed E-state index contributed by atoms with van der Waals surface area (Å²) in [6.07, 6.45) is 3.05. The first-order chi connectivity index (χ1) is 14.9. The molecule has 31 heavy (non-hydrogen) atoms. The largest absolute Gasteiger partial charge is 0.453 e. The number of hydrogen-bond acceptors (Lipinski definition) is 5. The van der Waals surface area contributed by atoms with E-state index in [0.29, 0.717) is 29.7 Å². The van der Waals surface area contributed by atoms with Crippen LogP contribution in [0.25, 0.3) is 0 Å². The van der Waals surface area contributed by atoms with Gasteiger partial charge in [-0.3, -0.25) is 9.69 Å². The number of methoxy groups -OCH3 is 1. The Bertz CT molecular complexity index is 839. The van der Waals surface area contributed by atoms with Gasteiger partial charge in [0.2, 0.25) is 5.91 Å². The molecule has 7 nitrogen and oxygen atoms in total. The highest BCUT2D eigenvalue weighted by Gasteiger charge is 2.49. The first-order valence-electron chi connectivity index (χ1n) is 10.9. The number of likely N-dealkylation sites (tertiary alicyclic amines) is 1. The van der Waals surface area contributed by atoms with E-state index >= 15 is 0 Å². The van der Waals surface area contributed by atoms with Crippen LogP contribution in [0.1, 0.15) is 31.2 Å². The molecule has 0 aromatic heterocycles. The Labute approximate surface area is 192 Å². The van der Waals surface area contributed by atoms with Gasteiger partial charge in [0.15, 0.2) is 0 Å². The minimum Gasteiger partial charge on any atom is -0.453 e. The molecule has 4 rings (SSSR count). The molecular weight excluding hydrogens is 441 g/mol. The van der Waals surface area contributed by atoms with Crippen LogP contribution in [-0.4, -0.2) is 89.3 Å². The van der Waals surface area contributed by atoms with Crippen LogP contribution in [0.15, 0.2) is 18.2 Å². The maximum absolute atomic E-state index is 13.4. The van der Waals surface area contributed by atoms with E-state index in [9.17, 15) is 14.7 Å². The van der Waals surface area contributed by atoms with Crippen LogP contribution in [-0.2, 0) is 16.0 Å². The van der Waals surface area contributed by atoms with Crippen LogP contribution < -0.4 is 0 Å². The predicted molar refractivity (Wildman–Crippen MR) is 118 cm³/mol. The van der Waals surface area contributed by atoms with E-state index in [0.717, 1.165) is 37.8 Å². The minimum atomic E-state index is -0.339. The van der Waals surface area contributed by atoms with Crippen molar-refractivity contribution in [2.45, 2.75) is 56.3 Å². The third kappa shape index (κ3) is 4.65. The SMILES string of the molecule is COC(=O)N1CCN(C(=O)Cc2ccc(Cl)c(Cl)c2)[C@@H]2[C@@H](N3CC[C@@H](O)C3)CCC[C@@H]21. The number of carbonyl (C=O) groups excluding carboxylic acids is 2. The van der Waals surface area contributed by atoms with Gasteiger partial charge in [0.25, 0.3) is 0 Å². The number of fused-ring (bicyclic) bond motifs is 1. The minimum absolute atomic E-state index is 0.0181. The van der Waals surface area contributed by atoms with Crippen LogP contribution in [0.3, 0.4) is 0 Å². The lowest BCUT2D eigenvalue weighted by molar-refractivity contribution is -0.142. The summed E-state index contributed by atoms with van der Waals surface area (Å²) in [4.78, 5) is 31.9. The standard InChI is InChI=1S/C22H29Cl2N3O4/c1-31-22(30)26-9-10-27(20(29)12-14-5-6-16(23)17(24)11-14)21-18(3-2-4-19(21)26)25-8-7-15(28)13-25/h5-6,11,15,18-19,21,28H,2-4,7-10,12-13H2,1H3/t15-,18+,19+,21-/m1/s1. The van der Waals surface area contributed by atoms with Crippen molar-refractivity contribution in [3.8, 4) is 0 Å². The van der Waals surface area contributed by atoms with E-state index in [1.54, 1.807) is 17.0 Å². The van der Waals surface area contributed by atoms with E-state index in [-0.39, 0.29) is 42.7 Å². The molecule has 2 aliphatic heterocycles. The number of nitrogens with zero attached hydrogens (tertiary/aromatic N) is 3. The third-order valence-electron chi connectivity index (χ3n) is 6.86. The number of β-amino-alcohol motifs (C(OH)–C–C–N with tert-alkyl or cyclic N) is 1. The average Bonchev–Trinajstić information content (AvgIpc) is 3.20. The molecule has 170 valence electrons. The zero-order valence-electron chi connectivity index (χ0n) is 17.7. The molecule has 1 aliphatic carbocycles. The molecule has 1 aromatic rings. The molecule has 0 radical (unpaired) electrons. The van der Waals surface area contributed by atoms with E-state index in [1.165, 1.54) is 7.11 Å². The third-order valence-corrected chi connectivity index (χ3v) is 7.60. The van der Waals surface area contributed by atoms with Gasteiger partial charge < -0.3 is 19.6 Å². The van der Waals surface area contributed by atoms with E-state index in [2.05, 4.69) is 4.90 Å². The Morgan fingerprint density at radius 2 is 1.81 bits per heavy atom. The van der Waals surface area contributed by atoms with Crippen molar-refractivity contribution in [1.82, 2.24) is 14.7 Å². The van der Waals surface area contributed by atoms with Gasteiger partial charge in [0.05, 0.1) is 41.8 Å². The monoisotopic (exact) mass is 469 g/mol. The molecule has 1 aromatic carbocycles. The second kappa shape index (κ2) is 9.53. The lowest BCUT2D eigenvalue weighted by Gasteiger charge is -2.54. The van der Waals surface area contributed by atoms with Crippen LogP contribution in [0.2, 0.25) is 10.0 Å². The summed E-state index contributed by atoms with van der Waals surface area (Å²) < 4.78 is 5.04. The van der Waals surface area contributed by atoms with Crippen molar-refractivity contribution >= 4 is 35.2 Å². The highest BCUT2D eigenvalue weighted by Crippen LogP contribution is 2.35. The van der Waals surface area contributed by atoms with Gasteiger partial charge in [-0.2, -0.15) is 0 Å². The number of aliphatic hydroxyl groups is 1. The predicted octanol–water partition coefficient (Wildman–Crippen LogP) is 2.80. The number of benzene rings is 1. The molecule has 0 bridgehead atoms. The van der Waals surface area contributed by atoms with Crippen LogP contribution >= 0.6 is 23.2 Å². The number of rotatable bonds is 3. The van der Waals surface area contributed by atoms with Crippen LogP contribution in [0.5, 0.6) is 0 Å². The van der Waals surface area contributed by atoms with Crippen molar-refractivity contribution in [2.24, 2.45) is 0 Å². The number of hydrogen-bond donors (Lipinski definition) is 1. The number of amides is 2. The molecule has 9 heteroatoms. The fourth-order valence-electron chi connectivity index (χ4n) is 5.45. The normalized spacial score (nSPS) is 29.0. The van der Waals surface area contributed by atoms with Crippen molar-refractivity contribution < 1.29 is 19.4 Å². The molecular formula is C22H29Cl2N3O4. The molecule has 3 fully saturated rings. The Morgan fingerprint density at radius 3 is 2.48 bits per heavy atom. The quantitative estimate of drug-likeness (QED) is 0.736. The van der Waals surface area contributed by atoms with Gasteiger partial charge >= 0.3 is 6.09 Å². The zero-order valence-corrected chi connectivity index (χ0v) is 19.2. The maximum Gasteiger partial charge on any atom is 0.409 e. The number of piperazine rings is 1. The van der Waals surface area contributed by atoms with Gasteiger partial charge in [0, 0.05) is 32.2 Å². The average molecular weight is 470 g/mol. The smallest absolute Gasteiger partial charge is 0.409 e. The summed E-state index contributed by atoms with van der Waals surface area (Å²) in [5.41, 5.74) is 0.815. The van der Waals surface area contributed by atoms with Crippen molar-refractivity contribution in [1.29, 1.82) is 0 Å². The van der Waals surface area contributed by atoms with Gasteiger partial charge in [-0.1, -0.05) is 29.3 Å². The maximum atomic E-state index is 13.4. The Kier molecular flexibility index (Phi) is 6.96. The summed E-state index contributed by atoms with van der Waals surface area (Å²) in [6.45, 7) is 2.34. The van der Waals surface area contributed by atoms with Gasteiger partial charge in [0.1, 0.15) is 0 Å². The van der Waals surface area contributed by atoms with E-state index in [4.69, 9.17) is 27.9 Å². The van der Waals surface area contributed by atoms with Crippen molar-refractivity contribution in [3.05, 3.63) is 33.8 Å². The Morgan fingerprint density at radius 1 is 1.06 bits per heavy atom. The number of carbonyl (C=O) groups is 2. The van der Waals surface area contributed by atoms with Crippen molar-refractivity contribution in [3.63, 3.8) is 0 Å². The second-order valence-electron chi connectivity index (χ2n) is 8.67. The van der Waals surface area contributed by atoms with Gasteiger partial charge in [-0.05, 0) is 43.4 Å². The fraction of sp³-hybridized carbons (Fsp3) is 0.636. The zero-order chi connectivity index (χ0) is 22.1. The van der Waals surface area contributed by atoms with E-state index in [1.807, 2.05) is 11.0 Å². The summed E-state index contributed by atoms with van der Waals surface area (Å²) in [7, 11) is 1.40.